The summed E-state index contributed by atoms with van der Waals surface area (Å²) in [5.74, 6) is -0.311. The Labute approximate surface area is 136 Å². The fourth-order valence-electron chi connectivity index (χ4n) is 2.03. The number of hydrogen-bond acceptors (Lipinski definition) is 4. The van der Waals surface area contributed by atoms with E-state index in [9.17, 15) is 13.2 Å². The molecule has 0 aliphatic carbocycles. The lowest BCUT2D eigenvalue weighted by molar-refractivity contribution is 0.0954. The molecule has 0 bridgehead atoms. The first-order valence-electron chi connectivity index (χ1n) is 7.31. The van der Waals surface area contributed by atoms with Gasteiger partial charge in [-0.3, -0.25) is 9.78 Å². The van der Waals surface area contributed by atoms with Crippen LogP contribution in [0, 0.1) is 0 Å². The topological polar surface area (TPSA) is 88.2 Å². The Bertz CT molecular complexity index is 761. The van der Waals surface area contributed by atoms with Gasteiger partial charge in [0.2, 0.25) is 10.0 Å². The van der Waals surface area contributed by atoms with Crippen molar-refractivity contribution in [3.8, 4) is 0 Å². The Morgan fingerprint density at radius 2 is 2.00 bits per heavy atom. The second kappa shape index (κ2) is 7.85. The molecule has 0 saturated heterocycles. The maximum absolute atomic E-state index is 12.1. The molecular weight excluding hydrogens is 314 g/mol. The smallest absolute Gasteiger partial charge is 0.251 e. The van der Waals surface area contributed by atoms with Crippen molar-refractivity contribution >= 4 is 15.9 Å². The van der Waals surface area contributed by atoms with Crippen molar-refractivity contribution in [2.75, 3.05) is 13.1 Å². The molecular formula is C16H19N3O3S. The molecule has 1 heterocycles. The Morgan fingerprint density at radius 3 is 2.70 bits per heavy atom. The van der Waals surface area contributed by atoms with E-state index < -0.39 is 10.0 Å². The molecule has 2 N–H and O–H groups in total. The minimum absolute atomic E-state index is 0.0803. The first-order chi connectivity index (χ1) is 11.0. The van der Waals surface area contributed by atoms with Gasteiger partial charge < -0.3 is 5.32 Å². The number of amides is 1. The molecule has 23 heavy (non-hydrogen) atoms. The van der Waals surface area contributed by atoms with E-state index in [4.69, 9.17) is 0 Å². The number of nitrogens with zero attached hydrogens (tertiary/aromatic N) is 1. The third kappa shape index (κ3) is 4.87. The number of sulfonamides is 1. The molecule has 0 aliphatic heterocycles. The van der Waals surface area contributed by atoms with E-state index in [1.807, 2.05) is 18.2 Å². The molecule has 0 spiro atoms. The standard InChI is InChI=1S/C16H19N3O3S/c1-2-19-23(21,22)15-8-5-6-13(12-15)16(20)18-11-9-14-7-3-4-10-17-14/h3-8,10,12,19H,2,9,11H2,1H3,(H,18,20). The molecule has 1 aromatic carbocycles. The Kier molecular flexibility index (Phi) is 5.84. The molecule has 2 aromatic rings. The van der Waals surface area contributed by atoms with Crippen LogP contribution in [0.2, 0.25) is 0 Å². The van der Waals surface area contributed by atoms with E-state index in [0.29, 0.717) is 25.1 Å². The summed E-state index contributed by atoms with van der Waals surface area (Å²) in [6.07, 6.45) is 2.31. The maximum atomic E-state index is 12.1. The van der Waals surface area contributed by atoms with Crippen molar-refractivity contribution in [1.82, 2.24) is 15.0 Å². The van der Waals surface area contributed by atoms with Crippen molar-refractivity contribution < 1.29 is 13.2 Å². The van der Waals surface area contributed by atoms with E-state index >= 15 is 0 Å². The van der Waals surface area contributed by atoms with Gasteiger partial charge in [-0.05, 0) is 30.3 Å². The van der Waals surface area contributed by atoms with Gasteiger partial charge in [-0.2, -0.15) is 0 Å². The van der Waals surface area contributed by atoms with Gasteiger partial charge >= 0.3 is 0 Å². The number of benzene rings is 1. The number of hydrogen-bond donors (Lipinski definition) is 2. The first-order valence-corrected chi connectivity index (χ1v) is 8.79. The van der Waals surface area contributed by atoms with Crippen LogP contribution in [0.25, 0.3) is 0 Å². The number of pyridine rings is 1. The van der Waals surface area contributed by atoms with Crippen molar-refractivity contribution in [2.24, 2.45) is 0 Å². The molecule has 7 heteroatoms. The molecule has 0 saturated carbocycles. The third-order valence-corrected chi connectivity index (χ3v) is 4.68. The lowest BCUT2D eigenvalue weighted by atomic mass is 10.2. The van der Waals surface area contributed by atoms with Crippen molar-refractivity contribution in [3.63, 3.8) is 0 Å². The molecule has 122 valence electrons. The maximum Gasteiger partial charge on any atom is 0.251 e. The molecule has 1 aromatic heterocycles. The summed E-state index contributed by atoms with van der Waals surface area (Å²) in [7, 11) is -3.57. The highest BCUT2D eigenvalue weighted by atomic mass is 32.2. The van der Waals surface area contributed by atoms with Gasteiger partial charge in [0.15, 0.2) is 0 Å². The van der Waals surface area contributed by atoms with Gasteiger partial charge in [-0.1, -0.05) is 19.1 Å². The number of carbonyl (C=O) groups excluding carboxylic acids is 1. The van der Waals surface area contributed by atoms with E-state index in [0.717, 1.165) is 5.69 Å². The number of rotatable bonds is 7. The van der Waals surface area contributed by atoms with Gasteiger partial charge in [-0.15, -0.1) is 0 Å². The molecule has 2 rings (SSSR count). The highest BCUT2D eigenvalue weighted by molar-refractivity contribution is 7.89. The van der Waals surface area contributed by atoms with Crippen LogP contribution in [0.5, 0.6) is 0 Å². The zero-order chi connectivity index (χ0) is 16.7. The number of carbonyl (C=O) groups is 1. The van der Waals surface area contributed by atoms with Crippen LogP contribution in [-0.2, 0) is 16.4 Å². The number of nitrogens with one attached hydrogen (secondary N) is 2. The van der Waals surface area contributed by atoms with E-state index in [1.54, 1.807) is 25.3 Å². The van der Waals surface area contributed by atoms with E-state index in [2.05, 4.69) is 15.0 Å². The first kappa shape index (κ1) is 17.1. The monoisotopic (exact) mass is 333 g/mol. The fraction of sp³-hybridized carbons (Fsp3) is 0.250. The highest BCUT2D eigenvalue weighted by Gasteiger charge is 2.15. The summed E-state index contributed by atoms with van der Waals surface area (Å²) in [5.41, 5.74) is 1.20. The predicted molar refractivity (Wildman–Crippen MR) is 87.6 cm³/mol. The fourth-order valence-corrected chi connectivity index (χ4v) is 3.12. The predicted octanol–water partition coefficient (Wildman–Crippen LogP) is 1.35. The molecule has 0 fully saturated rings. The SMILES string of the molecule is CCNS(=O)(=O)c1cccc(C(=O)NCCc2ccccn2)c1. The van der Waals surface area contributed by atoms with Crippen LogP contribution in [0.15, 0.2) is 53.6 Å². The zero-order valence-corrected chi connectivity index (χ0v) is 13.6. The highest BCUT2D eigenvalue weighted by Crippen LogP contribution is 2.11. The van der Waals surface area contributed by atoms with Crippen molar-refractivity contribution in [3.05, 3.63) is 59.9 Å². The van der Waals surface area contributed by atoms with Crippen LogP contribution in [0.1, 0.15) is 23.0 Å². The van der Waals surface area contributed by atoms with Crippen molar-refractivity contribution in [1.29, 1.82) is 0 Å². The minimum atomic E-state index is -3.57. The number of aromatic nitrogens is 1. The third-order valence-electron chi connectivity index (χ3n) is 3.13. The van der Waals surface area contributed by atoms with Crippen molar-refractivity contribution in [2.45, 2.75) is 18.2 Å². The van der Waals surface area contributed by atoms with Crippen LogP contribution in [0.4, 0.5) is 0 Å². The van der Waals surface area contributed by atoms with Gasteiger partial charge in [0.25, 0.3) is 5.91 Å². The molecule has 0 aliphatic rings. The summed E-state index contributed by atoms with van der Waals surface area (Å²) < 4.78 is 26.3. The lowest BCUT2D eigenvalue weighted by Crippen LogP contribution is -2.27. The lowest BCUT2D eigenvalue weighted by Gasteiger charge is -2.08. The van der Waals surface area contributed by atoms with Crippen LogP contribution >= 0.6 is 0 Å². The van der Waals surface area contributed by atoms with Gasteiger partial charge in [0.05, 0.1) is 4.90 Å². The van der Waals surface area contributed by atoms with E-state index in [1.165, 1.54) is 12.1 Å². The second-order valence-corrected chi connectivity index (χ2v) is 6.62. The molecule has 0 radical (unpaired) electrons. The van der Waals surface area contributed by atoms with E-state index in [-0.39, 0.29) is 10.8 Å². The quantitative estimate of drug-likeness (QED) is 0.800. The molecule has 0 atom stereocenters. The zero-order valence-electron chi connectivity index (χ0n) is 12.8. The Hall–Kier alpha value is -2.25. The molecule has 1 amide bonds. The van der Waals surface area contributed by atoms with Gasteiger partial charge in [-0.25, -0.2) is 13.1 Å². The molecule has 0 unspecified atom stereocenters. The van der Waals surface area contributed by atoms with Gasteiger partial charge in [0.1, 0.15) is 0 Å². The van der Waals surface area contributed by atoms with Crippen LogP contribution in [0.3, 0.4) is 0 Å². The minimum Gasteiger partial charge on any atom is -0.352 e. The second-order valence-electron chi connectivity index (χ2n) is 4.86. The Balaban J connectivity index is 2.00. The summed E-state index contributed by atoms with van der Waals surface area (Å²) in [4.78, 5) is 16.4. The largest absolute Gasteiger partial charge is 0.352 e. The normalized spacial score (nSPS) is 11.2. The summed E-state index contributed by atoms with van der Waals surface area (Å²) in [6, 6.07) is 11.6. The average Bonchev–Trinajstić information content (AvgIpc) is 2.56. The summed E-state index contributed by atoms with van der Waals surface area (Å²) in [5, 5.41) is 2.76. The summed E-state index contributed by atoms with van der Waals surface area (Å²) in [6.45, 7) is 2.43. The molecule has 6 nitrogen and oxygen atoms in total. The summed E-state index contributed by atoms with van der Waals surface area (Å²) >= 11 is 0. The van der Waals surface area contributed by atoms with Gasteiger partial charge in [0, 0.05) is 37.0 Å². The van der Waals surface area contributed by atoms with Crippen LogP contribution < -0.4 is 10.0 Å². The average molecular weight is 333 g/mol. The van der Waals surface area contributed by atoms with Crippen LogP contribution in [-0.4, -0.2) is 32.4 Å². The Morgan fingerprint density at radius 1 is 1.17 bits per heavy atom.